The third kappa shape index (κ3) is 5.76. The van der Waals surface area contributed by atoms with Crippen molar-refractivity contribution in [1.82, 2.24) is 5.32 Å². The van der Waals surface area contributed by atoms with E-state index in [2.05, 4.69) is 21.2 Å². The quantitative estimate of drug-likeness (QED) is 0.230. The van der Waals surface area contributed by atoms with Gasteiger partial charge in [0.1, 0.15) is 23.7 Å². The van der Waals surface area contributed by atoms with E-state index in [4.69, 9.17) is 14.2 Å². The largest absolute Gasteiger partial charge is 0.497 e. The molecule has 10 heteroatoms. The fourth-order valence-corrected chi connectivity index (χ4v) is 4.06. The van der Waals surface area contributed by atoms with Crippen LogP contribution in [0, 0.1) is 0 Å². The number of urea groups is 1. The summed E-state index contributed by atoms with van der Waals surface area (Å²) in [5.74, 6) is -1.30. The van der Waals surface area contributed by atoms with Crippen molar-refractivity contribution in [3.05, 3.63) is 93.5 Å². The number of amides is 4. The minimum atomic E-state index is -0.902. The smallest absolute Gasteiger partial charge is 0.338 e. The van der Waals surface area contributed by atoms with E-state index >= 15 is 0 Å². The van der Waals surface area contributed by atoms with Gasteiger partial charge in [-0.05, 0) is 55.5 Å². The number of halogens is 1. The molecule has 9 nitrogen and oxygen atoms in total. The van der Waals surface area contributed by atoms with Crippen molar-refractivity contribution in [3.8, 4) is 11.5 Å². The maximum absolute atomic E-state index is 13.3. The van der Waals surface area contributed by atoms with E-state index < -0.39 is 23.8 Å². The summed E-state index contributed by atoms with van der Waals surface area (Å²) in [7, 11) is 1.51. The van der Waals surface area contributed by atoms with E-state index in [1.165, 1.54) is 37.5 Å². The van der Waals surface area contributed by atoms with Crippen LogP contribution in [-0.4, -0.2) is 37.5 Å². The number of nitrogens with zero attached hydrogens (tertiary/aromatic N) is 1. The van der Waals surface area contributed by atoms with E-state index in [-0.39, 0.29) is 30.0 Å². The number of imide groups is 2. The van der Waals surface area contributed by atoms with Crippen LogP contribution in [0.3, 0.4) is 0 Å². The van der Waals surface area contributed by atoms with Gasteiger partial charge in [-0.3, -0.25) is 14.9 Å². The Morgan fingerprint density at radius 2 is 1.76 bits per heavy atom. The van der Waals surface area contributed by atoms with Crippen LogP contribution < -0.4 is 19.7 Å². The van der Waals surface area contributed by atoms with Crippen molar-refractivity contribution in [1.29, 1.82) is 0 Å². The van der Waals surface area contributed by atoms with Gasteiger partial charge in [-0.2, -0.15) is 0 Å². The molecule has 0 aliphatic carbocycles. The van der Waals surface area contributed by atoms with Crippen LogP contribution in [0.15, 0.2) is 76.8 Å². The number of benzene rings is 3. The summed E-state index contributed by atoms with van der Waals surface area (Å²) in [4.78, 5) is 51.4. The lowest BCUT2D eigenvalue weighted by molar-refractivity contribution is -0.122. The van der Waals surface area contributed by atoms with Gasteiger partial charge in [-0.25, -0.2) is 14.5 Å². The molecular formula is C28H23BrN2O7. The third-order valence-corrected chi connectivity index (χ3v) is 6.37. The first-order valence-electron chi connectivity index (χ1n) is 11.5. The summed E-state index contributed by atoms with van der Waals surface area (Å²) in [6.45, 7) is 2.11. The Balaban J connectivity index is 1.65. The molecule has 4 rings (SSSR count). The molecule has 194 valence electrons. The van der Waals surface area contributed by atoms with E-state index in [9.17, 15) is 19.2 Å². The molecule has 1 saturated heterocycles. The van der Waals surface area contributed by atoms with E-state index in [0.717, 1.165) is 14.9 Å². The number of barbiturate groups is 1. The zero-order chi connectivity index (χ0) is 27.2. The second kappa shape index (κ2) is 11.7. The number of carbonyl (C=O) groups excluding carboxylic acids is 4. The van der Waals surface area contributed by atoms with Crippen molar-refractivity contribution >= 4 is 51.5 Å². The van der Waals surface area contributed by atoms with Crippen molar-refractivity contribution in [2.45, 2.75) is 13.5 Å². The minimum Gasteiger partial charge on any atom is -0.497 e. The third-order valence-electron chi connectivity index (χ3n) is 5.60. The molecule has 1 N–H and O–H groups in total. The van der Waals surface area contributed by atoms with Gasteiger partial charge >= 0.3 is 12.0 Å². The Labute approximate surface area is 227 Å². The molecule has 0 radical (unpaired) electrons. The average Bonchev–Trinajstić information content (AvgIpc) is 2.91. The van der Waals surface area contributed by atoms with Gasteiger partial charge in [0, 0.05) is 21.7 Å². The molecule has 0 atom stereocenters. The number of ether oxygens (including phenoxy) is 3. The van der Waals surface area contributed by atoms with Gasteiger partial charge in [0.2, 0.25) is 0 Å². The molecule has 0 unspecified atom stereocenters. The fourth-order valence-electron chi connectivity index (χ4n) is 3.67. The summed E-state index contributed by atoms with van der Waals surface area (Å²) in [6.07, 6.45) is 1.36. The predicted octanol–water partition coefficient (Wildman–Crippen LogP) is 4.88. The summed E-state index contributed by atoms with van der Waals surface area (Å²) in [6, 6.07) is 17.3. The molecular weight excluding hydrogens is 556 g/mol. The van der Waals surface area contributed by atoms with Gasteiger partial charge in [0.25, 0.3) is 11.8 Å². The molecule has 0 saturated carbocycles. The van der Waals surface area contributed by atoms with Gasteiger partial charge in [-0.15, -0.1) is 0 Å². The van der Waals surface area contributed by atoms with Gasteiger partial charge in [0.15, 0.2) is 0 Å². The summed E-state index contributed by atoms with van der Waals surface area (Å²) in [5.41, 5.74) is 1.50. The summed E-state index contributed by atoms with van der Waals surface area (Å²) >= 11 is 3.49. The Morgan fingerprint density at radius 3 is 2.45 bits per heavy atom. The maximum atomic E-state index is 13.3. The first kappa shape index (κ1) is 26.6. The molecule has 0 aromatic heterocycles. The zero-order valence-electron chi connectivity index (χ0n) is 20.5. The molecule has 1 fully saturated rings. The SMILES string of the molecule is CCOC(=O)c1ccc(N2C(=O)NC(=O)/C(=C\c3ccc(OC)cc3OCc3ccccc3Br)C2=O)cc1. The zero-order valence-corrected chi connectivity index (χ0v) is 22.1. The maximum Gasteiger partial charge on any atom is 0.338 e. The molecule has 3 aromatic carbocycles. The number of rotatable bonds is 8. The van der Waals surface area contributed by atoms with Gasteiger partial charge in [0.05, 0.1) is 25.0 Å². The molecule has 3 aromatic rings. The average molecular weight is 579 g/mol. The lowest BCUT2D eigenvalue weighted by Gasteiger charge is -2.26. The minimum absolute atomic E-state index is 0.180. The highest BCUT2D eigenvalue weighted by Crippen LogP contribution is 2.30. The second-order valence-corrected chi connectivity index (χ2v) is 8.86. The Hall–Kier alpha value is -4.44. The van der Waals surface area contributed by atoms with Crippen LogP contribution in [0.5, 0.6) is 11.5 Å². The molecule has 1 aliphatic rings. The molecule has 4 amide bonds. The topological polar surface area (TPSA) is 111 Å². The monoisotopic (exact) mass is 578 g/mol. The first-order valence-corrected chi connectivity index (χ1v) is 12.3. The van der Waals surface area contributed by atoms with Crippen molar-refractivity contribution in [3.63, 3.8) is 0 Å². The lowest BCUT2D eigenvalue weighted by atomic mass is 10.1. The molecule has 38 heavy (non-hydrogen) atoms. The highest BCUT2D eigenvalue weighted by Gasteiger charge is 2.37. The number of esters is 1. The van der Waals surface area contributed by atoms with Gasteiger partial charge < -0.3 is 14.2 Å². The molecule has 0 bridgehead atoms. The van der Waals surface area contributed by atoms with Crippen molar-refractivity contribution in [2.75, 3.05) is 18.6 Å². The first-order chi connectivity index (χ1) is 18.3. The van der Waals surface area contributed by atoms with Crippen molar-refractivity contribution in [2.24, 2.45) is 0 Å². The Kier molecular flexibility index (Phi) is 8.22. The van der Waals surface area contributed by atoms with Gasteiger partial charge in [-0.1, -0.05) is 34.1 Å². The fraction of sp³-hybridized carbons (Fsp3) is 0.143. The van der Waals surface area contributed by atoms with Crippen LogP contribution >= 0.6 is 15.9 Å². The number of nitrogens with one attached hydrogen (secondary N) is 1. The second-order valence-electron chi connectivity index (χ2n) is 8.01. The van der Waals surface area contributed by atoms with E-state index in [0.29, 0.717) is 17.1 Å². The summed E-state index contributed by atoms with van der Waals surface area (Å²) in [5, 5.41) is 2.19. The highest BCUT2D eigenvalue weighted by atomic mass is 79.9. The van der Waals surface area contributed by atoms with Crippen LogP contribution in [0.4, 0.5) is 10.5 Å². The van der Waals surface area contributed by atoms with Crippen LogP contribution in [0.25, 0.3) is 6.08 Å². The normalized spacial score (nSPS) is 14.3. The number of anilines is 1. The van der Waals surface area contributed by atoms with Crippen LogP contribution in [0.2, 0.25) is 0 Å². The number of carbonyl (C=O) groups is 4. The van der Waals surface area contributed by atoms with Crippen LogP contribution in [0.1, 0.15) is 28.4 Å². The molecule has 0 spiro atoms. The number of methoxy groups -OCH3 is 1. The Morgan fingerprint density at radius 1 is 1.03 bits per heavy atom. The summed E-state index contributed by atoms with van der Waals surface area (Å²) < 4.78 is 17.2. The predicted molar refractivity (Wildman–Crippen MR) is 143 cm³/mol. The highest BCUT2D eigenvalue weighted by molar-refractivity contribution is 9.10. The lowest BCUT2D eigenvalue weighted by Crippen LogP contribution is -2.54. The van der Waals surface area contributed by atoms with E-state index in [1.54, 1.807) is 25.1 Å². The van der Waals surface area contributed by atoms with Crippen LogP contribution in [-0.2, 0) is 20.9 Å². The number of hydrogen-bond acceptors (Lipinski definition) is 7. The number of hydrogen-bond donors (Lipinski definition) is 1. The molecule has 1 aliphatic heterocycles. The molecule has 1 heterocycles. The van der Waals surface area contributed by atoms with E-state index in [1.807, 2.05) is 24.3 Å². The van der Waals surface area contributed by atoms with Crippen molar-refractivity contribution < 1.29 is 33.4 Å². The Bertz CT molecular complexity index is 1430. The standard InChI is InChI=1S/C28H23BrN2O7/c1-3-37-27(34)17-8-11-20(12-9-17)31-26(33)22(25(32)30-28(31)35)14-18-10-13-21(36-2)15-24(18)38-16-19-6-4-5-7-23(19)29/h4-15H,3,16H2,1-2H3,(H,30,32,35)/b22-14+.